The van der Waals surface area contributed by atoms with Crippen LogP contribution in [0.25, 0.3) is 0 Å². The minimum atomic E-state index is 0. The van der Waals surface area contributed by atoms with E-state index < -0.39 is 0 Å². The molecule has 0 fully saturated rings. The first-order valence-electron chi connectivity index (χ1n) is 3.43. The molecule has 0 heterocycles. The van der Waals surface area contributed by atoms with E-state index in [0.29, 0.717) is 0 Å². The molecular formula is C10H11BrZr. The quantitative estimate of drug-likeness (QED) is 0.603. The Morgan fingerprint density at radius 1 is 0.833 bits per heavy atom. The Hall–Kier alpha value is 0.323. The predicted molar refractivity (Wildman–Crippen MR) is 53.5 cm³/mol. The molecule has 0 unspecified atom stereocenters. The molecule has 62 valence electrons. The summed E-state index contributed by atoms with van der Waals surface area (Å²) in [5, 5.41) is 0. The standard InChI is InChI=1S/2C5H5.BrH.Zr/c2*1-2-4-5-3-1;;/h2*1-3H,4H2;1H;/q2*-1;;+2. The molecule has 0 aromatic heterocycles. The Morgan fingerprint density at radius 3 is 1.33 bits per heavy atom. The average Bonchev–Trinajstić information content (AvgIpc) is 2.67. The van der Waals surface area contributed by atoms with Gasteiger partial charge in [0.25, 0.3) is 0 Å². The topological polar surface area (TPSA) is 0 Å². The molecule has 0 spiro atoms. The van der Waals surface area contributed by atoms with Gasteiger partial charge in [-0.1, -0.05) is 0 Å². The number of hydrogen-bond acceptors (Lipinski definition) is 0. The van der Waals surface area contributed by atoms with Crippen LogP contribution in [0.1, 0.15) is 12.8 Å². The molecule has 0 saturated heterocycles. The van der Waals surface area contributed by atoms with E-state index in [4.69, 9.17) is 0 Å². The summed E-state index contributed by atoms with van der Waals surface area (Å²) in [7, 11) is 0. The molecule has 0 bridgehead atoms. The Kier molecular flexibility index (Phi) is 14.0. The van der Waals surface area contributed by atoms with E-state index in [0.717, 1.165) is 12.8 Å². The van der Waals surface area contributed by atoms with Crippen molar-refractivity contribution in [1.82, 2.24) is 0 Å². The third kappa shape index (κ3) is 8.42. The van der Waals surface area contributed by atoms with Crippen LogP contribution in [0.2, 0.25) is 0 Å². The molecular weight excluding hydrogens is 291 g/mol. The summed E-state index contributed by atoms with van der Waals surface area (Å²) in [6, 6.07) is 0. The van der Waals surface area contributed by atoms with Crippen LogP contribution in [-0.2, 0) is 26.2 Å². The van der Waals surface area contributed by atoms with Gasteiger partial charge in [-0.25, -0.2) is 24.3 Å². The minimum absolute atomic E-state index is 0. The fourth-order valence-electron chi connectivity index (χ4n) is 0.680. The van der Waals surface area contributed by atoms with E-state index >= 15 is 0 Å². The second-order valence-electron chi connectivity index (χ2n) is 2.01. The van der Waals surface area contributed by atoms with Gasteiger partial charge in [0.05, 0.1) is 0 Å². The Labute approximate surface area is 104 Å². The second kappa shape index (κ2) is 11.3. The molecule has 0 N–H and O–H groups in total. The van der Waals surface area contributed by atoms with E-state index in [9.17, 15) is 0 Å². The van der Waals surface area contributed by atoms with Gasteiger partial charge in [-0.3, -0.25) is 12.2 Å². The Morgan fingerprint density at radius 2 is 1.25 bits per heavy atom. The van der Waals surface area contributed by atoms with Crippen molar-refractivity contribution in [3.8, 4) is 0 Å². The molecule has 0 aromatic carbocycles. The van der Waals surface area contributed by atoms with Gasteiger partial charge in [-0.05, 0) is 0 Å². The molecule has 0 radical (unpaired) electrons. The first-order chi connectivity index (χ1) is 5.00. The van der Waals surface area contributed by atoms with Gasteiger partial charge in [0.1, 0.15) is 0 Å². The normalized spacial score (nSPS) is 14.7. The van der Waals surface area contributed by atoms with E-state index in [2.05, 4.69) is 24.3 Å². The smallest absolute Gasteiger partial charge is 0.273 e. The fourth-order valence-corrected chi connectivity index (χ4v) is 0.680. The van der Waals surface area contributed by atoms with E-state index in [-0.39, 0.29) is 43.2 Å². The van der Waals surface area contributed by atoms with E-state index in [1.165, 1.54) is 0 Å². The van der Waals surface area contributed by atoms with Crippen molar-refractivity contribution < 1.29 is 26.2 Å². The summed E-state index contributed by atoms with van der Waals surface area (Å²) < 4.78 is 0. The summed E-state index contributed by atoms with van der Waals surface area (Å²) in [5.41, 5.74) is 0. The molecule has 0 amide bonds. The molecule has 2 heteroatoms. The number of allylic oxidation sites excluding steroid dienone is 8. The molecule has 12 heavy (non-hydrogen) atoms. The largest absolute Gasteiger partial charge is 2.00 e. The molecule has 2 rings (SSSR count). The van der Waals surface area contributed by atoms with Crippen molar-refractivity contribution >= 4 is 17.0 Å². The zero-order valence-electron chi connectivity index (χ0n) is 6.79. The van der Waals surface area contributed by atoms with Gasteiger partial charge < -0.3 is 0 Å². The summed E-state index contributed by atoms with van der Waals surface area (Å²) >= 11 is 0. The van der Waals surface area contributed by atoms with Crippen LogP contribution in [0, 0.1) is 12.2 Å². The van der Waals surface area contributed by atoms with Gasteiger partial charge in [-0.2, -0.15) is 12.2 Å². The van der Waals surface area contributed by atoms with E-state index in [1.807, 2.05) is 24.3 Å². The van der Waals surface area contributed by atoms with Crippen molar-refractivity contribution in [3.05, 3.63) is 48.6 Å². The molecule has 2 aliphatic rings. The first-order valence-corrected chi connectivity index (χ1v) is 3.43. The van der Waals surface area contributed by atoms with Crippen LogP contribution in [-0.4, -0.2) is 0 Å². The third-order valence-electron chi connectivity index (χ3n) is 1.17. The number of rotatable bonds is 0. The molecule has 0 atom stereocenters. The van der Waals surface area contributed by atoms with Gasteiger partial charge in [0, 0.05) is 0 Å². The SMILES string of the molecule is Br.[C-]1=CC=CC1.[C-]1=CC=CC1.[Zr+2]. The maximum Gasteiger partial charge on any atom is 2.00 e. The Balaban J connectivity index is 0. The summed E-state index contributed by atoms with van der Waals surface area (Å²) in [6.45, 7) is 0. The van der Waals surface area contributed by atoms with E-state index in [1.54, 1.807) is 0 Å². The maximum atomic E-state index is 2.99. The molecule has 0 aliphatic heterocycles. The van der Waals surface area contributed by atoms with Crippen LogP contribution in [0.5, 0.6) is 0 Å². The number of halogens is 1. The van der Waals surface area contributed by atoms with Crippen molar-refractivity contribution in [3.63, 3.8) is 0 Å². The van der Waals surface area contributed by atoms with Crippen molar-refractivity contribution in [1.29, 1.82) is 0 Å². The first kappa shape index (κ1) is 14.8. The predicted octanol–water partition coefficient (Wildman–Crippen LogP) is 3.19. The van der Waals surface area contributed by atoms with Crippen LogP contribution in [0.3, 0.4) is 0 Å². The fraction of sp³-hybridized carbons (Fsp3) is 0.200. The minimum Gasteiger partial charge on any atom is -0.273 e. The van der Waals surface area contributed by atoms with Crippen molar-refractivity contribution in [2.75, 3.05) is 0 Å². The average molecular weight is 302 g/mol. The molecule has 0 saturated carbocycles. The van der Waals surface area contributed by atoms with Gasteiger partial charge in [0.2, 0.25) is 0 Å². The zero-order valence-corrected chi connectivity index (χ0v) is 11.0. The molecule has 2 aliphatic carbocycles. The van der Waals surface area contributed by atoms with Gasteiger partial charge >= 0.3 is 26.2 Å². The molecule has 0 aromatic rings. The van der Waals surface area contributed by atoms with Crippen LogP contribution >= 0.6 is 17.0 Å². The maximum absolute atomic E-state index is 2.99. The molecule has 0 nitrogen and oxygen atoms in total. The van der Waals surface area contributed by atoms with Crippen LogP contribution < -0.4 is 0 Å². The third-order valence-corrected chi connectivity index (χ3v) is 1.17. The zero-order chi connectivity index (χ0) is 7.07. The summed E-state index contributed by atoms with van der Waals surface area (Å²) in [6.07, 6.45) is 20.0. The van der Waals surface area contributed by atoms with Crippen LogP contribution in [0.4, 0.5) is 0 Å². The van der Waals surface area contributed by atoms with Gasteiger partial charge in [0.15, 0.2) is 0 Å². The van der Waals surface area contributed by atoms with Crippen molar-refractivity contribution in [2.45, 2.75) is 12.8 Å². The summed E-state index contributed by atoms with van der Waals surface area (Å²) in [4.78, 5) is 0. The number of hydrogen-bond donors (Lipinski definition) is 0. The van der Waals surface area contributed by atoms with Crippen molar-refractivity contribution in [2.24, 2.45) is 0 Å². The second-order valence-corrected chi connectivity index (χ2v) is 2.01. The van der Waals surface area contributed by atoms with Gasteiger partial charge in [-0.15, -0.1) is 29.8 Å². The monoisotopic (exact) mass is 300 g/mol. The Bertz CT molecular complexity index is 148. The van der Waals surface area contributed by atoms with Crippen LogP contribution in [0.15, 0.2) is 36.5 Å². The summed E-state index contributed by atoms with van der Waals surface area (Å²) in [5.74, 6) is 0.